The van der Waals surface area contributed by atoms with Crippen LogP contribution >= 0.6 is 0 Å². The second-order valence-electron chi connectivity index (χ2n) is 4.70. The van der Waals surface area contributed by atoms with Crippen LogP contribution in [0, 0.1) is 5.92 Å². The smallest absolute Gasteiger partial charge is 0.225 e. The standard InChI is InChI=1S/C11H20N2O2/c1-7(2)12-11(15)9-5-10(14)13(6-9)8(3)4/h7-9H,5-6H2,1-4H3,(H,12,15). The molecule has 4 heteroatoms. The lowest BCUT2D eigenvalue weighted by atomic mass is 10.1. The summed E-state index contributed by atoms with van der Waals surface area (Å²) in [5.41, 5.74) is 0. The molecule has 1 aliphatic rings. The lowest BCUT2D eigenvalue weighted by Gasteiger charge is -2.21. The van der Waals surface area contributed by atoms with Gasteiger partial charge in [0.1, 0.15) is 0 Å². The minimum atomic E-state index is -0.165. The third-order valence-corrected chi connectivity index (χ3v) is 2.58. The van der Waals surface area contributed by atoms with E-state index in [1.165, 1.54) is 0 Å². The van der Waals surface area contributed by atoms with Gasteiger partial charge >= 0.3 is 0 Å². The zero-order valence-corrected chi connectivity index (χ0v) is 9.91. The number of rotatable bonds is 3. The summed E-state index contributed by atoms with van der Waals surface area (Å²) in [6.45, 7) is 8.36. The van der Waals surface area contributed by atoms with Crippen molar-refractivity contribution in [1.29, 1.82) is 0 Å². The average molecular weight is 212 g/mol. The predicted molar refractivity (Wildman–Crippen MR) is 58.2 cm³/mol. The Hall–Kier alpha value is -1.06. The number of amides is 2. The molecule has 0 spiro atoms. The van der Waals surface area contributed by atoms with Gasteiger partial charge in [0, 0.05) is 25.0 Å². The van der Waals surface area contributed by atoms with Crippen LogP contribution in [0.3, 0.4) is 0 Å². The molecule has 86 valence electrons. The molecule has 0 aromatic rings. The first-order chi connectivity index (χ1) is 6.91. The largest absolute Gasteiger partial charge is 0.354 e. The Labute approximate surface area is 91.0 Å². The van der Waals surface area contributed by atoms with Crippen LogP contribution in [0.15, 0.2) is 0 Å². The van der Waals surface area contributed by atoms with E-state index in [1.807, 2.05) is 27.7 Å². The highest BCUT2D eigenvalue weighted by Crippen LogP contribution is 2.20. The van der Waals surface area contributed by atoms with E-state index in [1.54, 1.807) is 4.90 Å². The summed E-state index contributed by atoms with van der Waals surface area (Å²) in [6, 6.07) is 0.329. The summed E-state index contributed by atoms with van der Waals surface area (Å²) >= 11 is 0. The molecule has 0 aromatic carbocycles. The van der Waals surface area contributed by atoms with Gasteiger partial charge in [-0.05, 0) is 27.7 Å². The van der Waals surface area contributed by atoms with E-state index in [0.29, 0.717) is 13.0 Å². The van der Waals surface area contributed by atoms with Crippen LogP contribution in [-0.2, 0) is 9.59 Å². The summed E-state index contributed by atoms with van der Waals surface area (Å²) < 4.78 is 0. The molecule has 0 aliphatic carbocycles. The maximum absolute atomic E-state index is 11.7. The molecule has 1 N–H and O–H groups in total. The van der Waals surface area contributed by atoms with E-state index in [4.69, 9.17) is 0 Å². The van der Waals surface area contributed by atoms with Crippen LogP contribution in [0.5, 0.6) is 0 Å². The Morgan fingerprint density at radius 1 is 1.40 bits per heavy atom. The normalized spacial score (nSPS) is 21.6. The summed E-state index contributed by atoms with van der Waals surface area (Å²) in [4.78, 5) is 25.0. The van der Waals surface area contributed by atoms with E-state index in [0.717, 1.165) is 0 Å². The van der Waals surface area contributed by atoms with Crippen LogP contribution in [0.25, 0.3) is 0 Å². The average Bonchev–Trinajstić information content (AvgIpc) is 2.46. The Kier molecular flexibility index (Phi) is 3.72. The number of nitrogens with one attached hydrogen (secondary N) is 1. The highest BCUT2D eigenvalue weighted by molar-refractivity contribution is 5.89. The van der Waals surface area contributed by atoms with Gasteiger partial charge in [0.15, 0.2) is 0 Å². The molecule has 1 unspecified atom stereocenters. The van der Waals surface area contributed by atoms with Crippen LogP contribution in [-0.4, -0.2) is 35.3 Å². The van der Waals surface area contributed by atoms with Crippen LogP contribution in [0.1, 0.15) is 34.1 Å². The van der Waals surface area contributed by atoms with E-state index >= 15 is 0 Å². The Morgan fingerprint density at radius 2 is 2.00 bits per heavy atom. The minimum absolute atomic E-state index is 0.00139. The third-order valence-electron chi connectivity index (χ3n) is 2.58. The van der Waals surface area contributed by atoms with E-state index in [-0.39, 0.29) is 29.8 Å². The monoisotopic (exact) mass is 212 g/mol. The van der Waals surface area contributed by atoms with Gasteiger partial charge in [-0.1, -0.05) is 0 Å². The van der Waals surface area contributed by atoms with Crippen molar-refractivity contribution in [2.45, 2.75) is 46.2 Å². The van der Waals surface area contributed by atoms with Crippen molar-refractivity contribution in [2.75, 3.05) is 6.54 Å². The predicted octanol–water partition coefficient (Wildman–Crippen LogP) is 0.768. The summed E-state index contributed by atoms with van der Waals surface area (Å²) in [7, 11) is 0. The van der Waals surface area contributed by atoms with E-state index in [2.05, 4.69) is 5.32 Å². The molecule has 0 radical (unpaired) electrons. The first-order valence-corrected chi connectivity index (χ1v) is 5.51. The van der Waals surface area contributed by atoms with Gasteiger partial charge < -0.3 is 10.2 Å². The molecule has 1 aliphatic heterocycles. The summed E-state index contributed by atoms with van der Waals surface area (Å²) in [5.74, 6) is -0.0716. The molecule has 1 saturated heterocycles. The molecule has 2 amide bonds. The number of carbonyl (C=O) groups is 2. The van der Waals surface area contributed by atoms with E-state index < -0.39 is 0 Å². The van der Waals surface area contributed by atoms with Gasteiger partial charge in [-0.15, -0.1) is 0 Å². The lowest BCUT2D eigenvalue weighted by molar-refractivity contribution is -0.130. The summed E-state index contributed by atoms with van der Waals surface area (Å²) in [5, 5.41) is 2.85. The Bertz CT molecular complexity index is 261. The quantitative estimate of drug-likeness (QED) is 0.751. The van der Waals surface area contributed by atoms with Gasteiger partial charge in [0.25, 0.3) is 0 Å². The van der Waals surface area contributed by atoms with Crippen LogP contribution in [0.2, 0.25) is 0 Å². The molecule has 15 heavy (non-hydrogen) atoms. The summed E-state index contributed by atoms with van der Waals surface area (Å²) in [6.07, 6.45) is 0.358. The molecule has 1 heterocycles. The van der Waals surface area contributed by atoms with Crippen molar-refractivity contribution < 1.29 is 9.59 Å². The zero-order valence-electron chi connectivity index (χ0n) is 9.91. The second kappa shape index (κ2) is 4.64. The molecule has 1 rings (SSSR count). The molecule has 0 saturated carbocycles. The van der Waals surface area contributed by atoms with Gasteiger partial charge in [0.05, 0.1) is 5.92 Å². The van der Waals surface area contributed by atoms with Crippen molar-refractivity contribution in [3.63, 3.8) is 0 Å². The van der Waals surface area contributed by atoms with Gasteiger partial charge in [-0.3, -0.25) is 9.59 Å². The molecule has 0 aromatic heterocycles. The fourth-order valence-corrected chi connectivity index (χ4v) is 1.81. The van der Waals surface area contributed by atoms with Crippen molar-refractivity contribution in [3.05, 3.63) is 0 Å². The molecule has 0 bridgehead atoms. The maximum Gasteiger partial charge on any atom is 0.225 e. The number of carbonyl (C=O) groups excluding carboxylic acids is 2. The molecular formula is C11H20N2O2. The number of hydrogen-bond donors (Lipinski definition) is 1. The molecular weight excluding hydrogens is 192 g/mol. The first-order valence-electron chi connectivity index (χ1n) is 5.51. The van der Waals surface area contributed by atoms with Crippen molar-refractivity contribution >= 4 is 11.8 Å². The minimum Gasteiger partial charge on any atom is -0.354 e. The molecule has 4 nitrogen and oxygen atoms in total. The number of nitrogens with zero attached hydrogens (tertiary/aromatic N) is 1. The van der Waals surface area contributed by atoms with E-state index in [9.17, 15) is 9.59 Å². The maximum atomic E-state index is 11.7. The second-order valence-corrected chi connectivity index (χ2v) is 4.70. The lowest BCUT2D eigenvalue weighted by Crippen LogP contribution is -2.38. The van der Waals surface area contributed by atoms with Crippen LogP contribution < -0.4 is 5.32 Å². The Balaban J connectivity index is 2.54. The first kappa shape index (κ1) is 12.0. The van der Waals surface area contributed by atoms with Crippen molar-refractivity contribution in [2.24, 2.45) is 5.92 Å². The number of likely N-dealkylation sites (tertiary alicyclic amines) is 1. The van der Waals surface area contributed by atoms with Crippen LogP contribution in [0.4, 0.5) is 0 Å². The van der Waals surface area contributed by atoms with Gasteiger partial charge in [0.2, 0.25) is 11.8 Å². The van der Waals surface area contributed by atoms with Crippen molar-refractivity contribution in [1.82, 2.24) is 10.2 Å². The van der Waals surface area contributed by atoms with Crippen molar-refractivity contribution in [3.8, 4) is 0 Å². The zero-order chi connectivity index (χ0) is 11.6. The number of hydrogen-bond acceptors (Lipinski definition) is 2. The topological polar surface area (TPSA) is 49.4 Å². The third kappa shape index (κ3) is 2.94. The highest BCUT2D eigenvalue weighted by atomic mass is 16.2. The Morgan fingerprint density at radius 3 is 2.40 bits per heavy atom. The molecule has 1 fully saturated rings. The fourth-order valence-electron chi connectivity index (χ4n) is 1.81. The molecule has 1 atom stereocenters. The fraction of sp³-hybridized carbons (Fsp3) is 0.818. The SMILES string of the molecule is CC(C)NC(=O)C1CC(=O)N(C(C)C)C1. The highest BCUT2D eigenvalue weighted by Gasteiger charge is 2.35. The van der Waals surface area contributed by atoms with Gasteiger partial charge in [-0.25, -0.2) is 0 Å². The van der Waals surface area contributed by atoms with Gasteiger partial charge in [-0.2, -0.15) is 0 Å².